The second-order valence-electron chi connectivity index (χ2n) is 4.63. The van der Waals surface area contributed by atoms with Crippen molar-refractivity contribution in [2.24, 2.45) is 0 Å². The summed E-state index contributed by atoms with van der Waals surface area (Å²) in [5, 5.41) is 3.22. The predicted molar refractivity (Wildman–Crippen MR) is 71.3 cm³/mol. The van der Waals surface area contributed by atoms with Crippen molar-refractivity contribution in [2.75, 3.05) is 14.2 Å². The molecule has 0 saturated heterocycles. The molecule has 1 aromatic rings. The molecule has 2 rings (SSSR count). The Bertz CT molecular complexity index is 442. The van der Waals surface area contributed by atoms with Gasteiger partial charge in [0.2, 0.25) is 0 Å². The van der Waals surface area contributed by atoms with Crippen molar-refractivity contribution in [3.63, 3.8) is 0 Å². The highest BCUT2D eigenvalue weighted by atomic mass is 19.1. The maximum atomic E-state index is 14.1. The number of benzene rings is 1. The van der Waals surface area contributed by atoms with E-state index in [1.165, 1.54) is 24.5 Å². The van der Waals surface area contributed by atoms with E-state index < -0.39 is 0 Å². The van der Waals surface area contributed by atoms with E-state index in [1.54, 1.807) is 7.11 Å². The number of methoxy groups -OCH3 is 1. The zero-order valence-corrected chi connectivity index (χ0v) is 11.0. The minimum Gasteiger partial charge on any atom is -0.497 e. The van der Waals surface area contributed by atoms with Crippen molar-refractivity contribution >= 4 is 0 Å². The first-order valence-corrected chi connectivity index (χ1v) is 6.46. The molecule has 1 aliphatic carbocycles. The third-order valence-electron chi connectivity index (χ3n) is 3.50. The van der Waals surface area contributed by atoms with Gasteiger partial charge in [0.05, 0.1) is 13.2 Å². The fourth-order valence-electron chi connectivity index (χ4n) is 2.53. The van der Waals surface area contributed by atoms with Crippen LogP contribution >= 0.6 is 0 Å². The summed E-state index contributed by atoms with van der Waals surface area (Å²) in [6.45, 7) is 0. The maximum Gasteiger partial charge on any atom is 0.132 e. The Balaban J connectivity index is 2.29. The number of halogens is 1. The van der Waals surface area contributed by atoms with Crippen molar-refractivity contribution in [3.05, 3.63) is 41.2 Å². The van der Waals surface area contributed by atoms with Crippen LogP contribution < -0.4 is 10.1 Å². The zero-order chi connectivity index (χ0) is 13.0. The fourth-order valence-corrected chi connectivity index (χ4v) is 2.53. The minimum absolute atomic E-state index is 0.0174. The van der Waals surface area contributed by atoms with Crippen molar-refractivity contribution in [2.45, 2.75) is 31.7 Å². The van der Waals surface area contributed by atoms with E-state index in [0.717, 1.165) is 12.8 Å². The van der Waals surface area contributed by atoms with Crippen LogP contribution in [-0.2, 0) is 0 Å². The standard InChI is InChI=1S/C15H20FNO/c1-17-15(11-6-4-3-5-7-11)13-9-8-12(18-2)10-14(13)16/h6,8-10,15,17H,3-5,7H2,1-2H3. The van der Waals surface area contributed by atoms with Crippen LogP contribution in [0, 0.1) is 5.82 Å². The van der Waals surface area contributed by atoms with E-state index in [-0.39, 0.29) is 11.9 Å². The smallest absolute Gasteiger partial charge is 0.132 e. The van der Waals surface area contributed by atoms with Crippen molar-refractivity contribution in [1.82, 2.24) is 5.32 Å². The number of rotatable bonds is 4. The highest BCUT2D eigenvalue weighted by molar-refractivity contribution is 5.35. The first kappa shape index (κ1) is 13.1. The van der Waals surface area contributed by atoms with Gasteiger partial charge in [0.25, 0.3) is 0 Å². The van der Waals surface area contributed by atoms with Crippen LogP contribution in [0.25, 0.3) is 0 Å². The summed E-state index contributed by atoms with van der Waals surface area (Å²) in [6.07, 6.45) is 6.84. The van der Waals surface area contributed by atoms with Crippen LogP contribution in [0.1, 0.15) is 37.3 Å². The van der Waals surface area contributed by atoms with E-state index in [9.17, 15) is 4.39 Å². The third kappa shape index (κ3) is 2.72. The van der Waals surface area contributed by atoms with E-state index in [1.807, 2.05) is 19.2 Å². The first-order valence-electron chi connectivity index (χ1n) is 6.46. The van der Waals surface area contributed by atoms with Gasteiger partial charge in [-0.1, -0.05) is 17.7 Å². The molecule has 0 aromatic heterocycles. The topological polar surface area (TPSA) is 21.3 Å². The van der Waals surface area contributed by atoms with Crippen molar-refractivity contribution in [3.8, 4) is 5.75 Å². The lowest BCUT2D eigenvalue weighted by atomic mass is 9.89. The van der Waals surface area contributed by atoms with Gasteiger partial charge in [0.15, 0.2) is 0 Å². The molecule has 3 heteroatoms. The molecule has 0 spiro atoms. The number of hydrogen-bond donors (Lipinski definition) is 1. The molecule has 0 fully saturated rings. The molecule has 1 aromatic carbocycles. The number of hydrogen-bond acceptors (Lipinski definition) is 2. The normalized spacial score (nSPS) is 17.2. The summed E-state index contributed by atoms with van der Waals surface area (Å²) in [5.74, 6) is 0.351. The average molecular weight is 249 g/mol. The molecule has 1 unspecified atom stereocenters. The van der Waals surface area contributed by atoms with Gasteiger partial charge in [0.1, 0.15) is 11.6 Å². The summed E-state index contributed by atoms with van der Waals surface area (Å²) < 4.78 is 19.1. The quantitative estimate of drug-likeness (QED) is 0.823. The second kappa shape index (κ2) is 6.01. The molecule has 0 radical (unpaired) electrons. The Hall–Kier alpha value is -1.35. The molecule has 0 saturated carbocycles. The first-order chi connectivity index (χ1) is 8.76. The molecule has 98 valence electrons. The van der Waals surface area contributed by atoms with Gasteiger partial charge in [-0.2, -0.15) is 0 Å². The second-order valence-corrected chi connectivity index (χ2v) is 4.63. The molecule has 1 atom stereocenters. The van der Waals surface area contributed by atoms with E-state index in [4.69, 9.17) is 4.74 Å². The lowest BCUT2D eigenvalue weighted by Crippen LogP contribution is -2.21. The summed E-state index contributed by atoms with van der Waals surface area (Å²) in [6, 6.07) is 5.05. The Morgan fingerprint density at radius 1 is 1.33 bits per heavy atom. The van der Waals surface area contributed by atoms with Gasteiger partial charge in [-0.15, -0.1) is 0 Å². The fraction of sp³-hybridized carbons (Fsp3) is 0.467. The lowest BCUT2D eigenvalue weighted by Gasteiger charge is -2.24. The molecule has 0 aliphatic heterocycles. The van der Waals surface area contributed by atoms with Gasteiger partial charge in [-0.3, -0.25) is 0 Å². The number of allylic oxidation sites excluding steroid dienone is 1. The van der Waals surface area contributed by atoms with Crippen LogP contribution in [0.5, 0.6) is 5.75 Å². The van der Waals surface area contributed by atoms with Gasteiger partial charge in [0, 0.05) is 11.6 Å². The highest BCUT2D eigenvalue weighted by Crippen LogP contribution is 2.32. The number of ether oxygens (including phenoxy) is 1. The van der Waals surface area contributed by atoms with Crippen molar-refractivity contribution < 1.29 is 9.13 Å². The summed E-state index contributed by atoms with van der Waals surface area (Å²) in [7, 11) is 3.43. The van der Waals surface area contributed by atoms with Crippen LogP contribution in [0.4, 0.5) is 4.39 Å². The molecular weight excluding hydrogens is 229 g/mol. The number of nitrogens with one attached hydrogen (secondary N) is 1. The monoisotopic (exact) mass is 249 g/mol. The largest absolute Gasteiger partial charge is 0.497 e. The summed E-state index contributed by atoms with van der Waals surface area (Å²) in [5.41, 5.74) is 2.00. The van der Waals surface area contributed by atoms with Gasteiger partial charge in [-0.25, -0.2) is 4.39 Å². The van der Waals surface area contributed by atoms with Gasteiger partial charge in [-0.05, 0) is 38.8 Å². The van der Waals surface area contributed by atoms with E-state index in [0.29, 0.717) is 11.3 Å². The zero-order valence-electron chi connectivity index (χ0n) is 11.0. The molecule has 0 bridgehead atoms. The van der Waals surface area contributed by atoms with Crippen LogP contribution in [0.15, 0.2) is 29.8 Å². The Kier molecular flexibility index (Phi) is 4.37. The molecule has 1 aliphatic rings. The maximum absolute atomic E-state index is 14.1. The van der Waals surface area contributed by atoms with Crippen LogP contribution in [0.2, 0.25) is 0 Å². The summed E-state index contributed by atoms with van der Waals surface area (Å²) in [4.78, 5) is 0. The molecule has 0 amide bonds. The van der Waals surface area contributed by atoms with Crippen LogP contribution in [0.3, 0.4) is 0 Å². The Morgan fingerprint density at radius 2 is 2.17 bits per heavy atom. The van der Waals surface area contributed by atoms with Gasteiger partial charge < -0.3 is 10.1 Å². The molecule has 18 heavy (non-hydrogen) atoms. The van der Waals surface area contributed by atoms with Crippen molar-refractivity contribution in [1.29, 1.82) is 0 Å². The SMILES string of the molecule is CNC(C1=CCCCC1)c1ccc(OC)cc1F. The minimum atomic E-state index is -0.208. The highest BCUT2D eigenvalue weighted by Gasteiger charge is 2.19. The Labute approximate surface area is 108 Å². The average Bonchev–Trinajstić information content (AvgIpc) is 2.42. The number of likely N-dealkylation sites (N-methyl/N-ethyl adjacent to an activating group) is 1. The Morgan fingerprint density at radius 3 is 2.72 bits per heavy atom. The van der Waals surface area contributed by atoms with Gasteiger partial charge >= 0.3 is 0 Å². The molecule has 2 nitrogen and oxygen atoms in total. The van der Waals surface area contributed by atoms with Crippen LogP contribution in [-0.4, -0.2) is 14.2 Å². The van der Waals surface area contributed by atoms with E-state index >= 15 is 0 Å². The van der Waals surface area contributed by atoms with E-state index in [2.05, 4.69) is 11.4 Å². The molecule has 0 heterocycles. The summed E-state index contributed by atoms with van der Waals surface area (Å²) >= 11 is 0. The molecular formula is C15H20FNO. The predicted octanol–water partition coefficient (Wildman–Crippen LogP) is 3.60. The third-order valence-corrected chi connectivity index (χ3v) is 3.50. The lowest BCUT2D eigenvalue weighted by molar-refractivity contribution is 0.410. The molecule has 1 N–H and O–H groups in total.